The van der Waals surface area contributed by atoms with Crippen molar-refractivity contribution in [1.29, 1.82) is 0 Å². The fraction of sp³-hybridized carbons (Fsp3) is 0.471. The fourth-order valence-electron chi connectivity index (χ4n) is 3.06. The normalized spacial score (nSPS) is 18.3. The molecule has 0 spiro atoms. The predicted octanol–water partition coefficient (Wildman–Crippen LogP) is 3.25. The molecule has 1 aromatic heterocycles. The Morgan fingerprint density at radius 1 is 1.19 bits per heavy atom. The van der Waals surface area contributed by atoms with Gasteiger partial charge >= 0.3 is 0 Å². The third kappa shape index (κ3) is 3.10. The summed E-state index contributed by atoms with van der Waals surface area (Å²) in [6.45, 7) is 0.311. The average Bonchev–Trinajstić information content (AvgIpc) is 2.81. The first-order valence-corrected chi connectivity index (χ1v) is 7.65. The van der Waals surface area contributed by atoms with E-state index in [1.165, 1.54) is 19.1 Å². The lowest BCUT2D eigenvalue weighted by Gasteiger charge is -2.26. The number of furan rings is 1. The zero-order valence-corrected chi connectivity index (χ0v) is 12.1. The molecule has 2 N–H and O–H groups in total. The number of hydrogen-bond acceptors (Lipinski definition) is 3. The van der Waals surface area contributed by atoms with E-state index in [-0.39, 0.29) is 5.91 Å². The van der Waals surface area contributed by atoms with Crippen LogP contribution in [0.1, 0.15) is 48.9 Å². The quantitative estimate of drug-likeness (QED) is 0.852. The number of amides is 1. The summed E-state index contributed by atoms with van der Waals surface area (Å²) in [4.78, 5) is 12.3. The van der Waals surface area contributed by atoms with Crippen molar-refractivity contribution in [2.45, 2.75) is 44.1 Å². The SMILES string of the molecule is O=C(NCC1(O)CCCCCC1)c1coc2ccccc12. The molecule has 21 heavy (non-hydrogen) atoms. The smallest absolute Gasteiger partial charge is 0.255 e. The Hall–Kier alpha value is -1.81. The number of carbonyl (C=O) groups excluding carboxylic acids is 1. The number of fused-ring (bicyclic) bond motifs is 1. The van der Waals surface area contributed by atoms with Crippen LogP contribution in [0, 0.1) is 0 Å². The largest absolute Gasteiger partial charge is 0.463 e. The molecule has 1 aliphatic carbocycles. The second-order valence-electron chi connectivity index (χ2n) is 5.97. The molecule has 4 nitrogen and oxygen atoms in total. The van der Waals surface area contributed by atoms with Gasteiger partial charge in [-0.3, -0.25) is 4.79 Å². The van der Waals surface area contributed by atoms with E-state index in [0.29, 0.717) is 17.7 Å². The number of aliphatic hydroxyl groups is 1. The van der Waals surface area contributed by atoms with Gasteiger partial charge in [-0.25, -0.2) is 0 Å². The van der Waals surface area contributed by atoms with Crippen molar-refractivity contribution in [3.8, 4) is 0 Å². The molecule has 0 saturated heterocycles. The van der Waals surface area contributed by atoms with Gasteiger partial charge in [0.25, 0.3) is 5.91 Å². The molecule has 1 amide bonds. The van der Waals surface area contributed by atoms with Gasteiger partial charge in [0.2, 0.25) is 0 Å². The first-order valence-electron chi connectivity index (χ1n) is 7.65. The number of nitrogens with one attached hydrogen (secondary N) is 1. The zero-order valence-electron chi connectivity index (χ0n) is 12.1. The van der Waals surface area contributed by atoms with Crippen LogP contribution < -0.4 is 5.32 Å². The molecule has 1 aliphatic rings. The maximum absolute atomic E-state index is 12.3. The monoisotopic (exact) mass is 287 g/mol. The molecular weight excluding hydrogens is 266 g/mol. The van der Waals surface area contributed by atoms with E-state index in [1.807, 2.05) is 24.3 Å². The first kappa shape index (κ1) is 14.1. The molecule has 0 atom stereocenters. The molecule has 1 saturated carbocycles. The topological polar surface area (TPSA) is 62.5 Å². The summed E-state index contributed by atoms with van der Waals surface area (Å²) in [5.74, 6) is -0.183. The fourth-order valence-corrected chi connectivity index (χ4v) is 3.06. The summed E-state index contributed by atoms with van der Waals surface area (Å²) in [5, 5.41) is 14.2. The Morgan fingerprint density at radius 2 is 1.90 bits per heavy atom. The molecule has 0 unspecified atom stereocenters. The summed E-state index contributed by atoms with van der Waals surface area (Å²) < 4.78 is 5.38. The molecule has 112 valence electrons. The molecule has 1 aromatic carbocycles. The van der Waals surface area contributed by atoms with Gasteiger partial charge in [0.05, 0.1) is 11.2 Å². The third-order valence-electron chi connectivity index (χ3n) is 4.34. The molecule has 3 rings (SSSR count). The number of para-hydroxylation sites is 1. The Kier molecular flexibility index (Phi) is 3.97. The summed E-state index contributed by atoms with van der Waals surface area (Å²) in [6, 6.07) is 7.47. The van der Waals surface area contributed by atoms with Crippen molar-refractivity contribution >= 4 is 16.9 Å². The Morgan fingerprint density at radius 3 is 2.67 bits per heavy atom. The highest BCUT2D eigenvalue weighted by Gasteiger charge is 2.28. The molecule has 0 radical (unpaired) electrons. The van der Waals surface area contributed by atoms with Crippen LogP contribution in [0.3, 0.4) is 0 Å². The minimum atomic E-state index is -0.758. The number of carbonyl (C=O) groups is 1. The molecule has 4 heteroatoms. The van der Waals surface area contributed by atoms with Crippen LogP contribution in [0.2, 0.25) is 0 Å². The van der Waals surface area contributed by atoms with E-state index >= 15 is 0 Å². The zero-order chi connectivity index (χ0) is 14.7. The van der Waals surface area contributed by atoms with E-state index in [1.54, 1.807) is 0 Å². The number of hydrogen-bond donors (Lipinski definition) is 2. The summed E-state index contributed by atoms with van der Waals surface area (Å²) in [6.07, 6.45) is 7.41. The highest BCUT2D eigenvalue weighted by Crippen LogP contribution is 2.27. The summed E-state index contributed by atoms with van der Waals surface area (Å²) in [5.41, 5.74) is 0.477. The Balaban J connectivity index is 1.69. The summed E-state index contributed by atoms with van der Waals surface area (Å²) in [7, 11) is 0. The minimum Gasteiger partial charge on any atom is -0.463 e. The molecule has 1 fully saturated rings. The van der Waals surface area contributed by atoms with Crippen LogP contribution in [0.25, 0.3) is 11.0 Å². The molecule has 0 aliphatic heterocycles. The average molecular weight is 287 g/mol. The van der Waals surface area contributed by atoms with Crippen LogP contribution in [0.5, 0.6) is 0 Å². The standard InChI is InChI=1S/C17H21NO3/c19-16(14-11-21-15-8-4-3-7-13(14)15)18-12-17(20)9-5-1-2-6-10-17/h3-4,7-8,11,20H,1-2,5-6,9-10,12H2,(H,18,19). The van der Waals surface area contributed by atoms with Crippen molar-refractivity contribution in [1.82, 2.24) is 5.32 Å². The molecule has 0 bridgehead atoms. The molecule has 2 aromatic rings. The lowest BCUT2D eigenvalue weighted by molar-refractivity contribution is 0.0246. The number of benzene rings is 1. The van der Waals surface area contributed by atoms with Crippen molar-refractivity contribution in [3.05, 3.63) is 36.1 Å². The van der Waals surface area contributed by atoms with E-state index < -0.39 is 5.60 Å². The highest BCUT2D eigenvalue weighted by atomic mass is 16.3. The van der Waals surface area contributed by atoms with Gasteiger partial charge in [0.15, 0.2) is 0 Å². The lowest BCUT2D eigenvalue weighted by Crippen LogP contribution is -2.42. The van der Waals surface area contributed by atoms with E-state index in [9.17, 15) is 9.90 Å². The lowest BCUT2D eigenvalue weighted by atomic mass is 9.94. The second kappa shape index (κ2) is 5.90. The van der Waals surface area contributed by atoms with Crippen LogP contribution >= 0.6 is 0 Å². The van der Waals surface area contributed by atoms with Crippen molar-refractivity contribution in [2.75, 3.05) is 6.54 Å². The molecular formula is C17H21NO3. The first-order chi connectivity index (χ1) is 10.2. The predicted molar refractivity (Wildman–Crippen MR) is 81.2 cm³/mol. The van der Waals surface area contributed by atoms with Gasteiger partial charge in [0, 0.05) is 11.9 Å². The third-order valence-corrected chi connectivity index (χ3v) is 4.34. The van der Waals surface area contributed by atoms with E-state index in [2.05, 4.69) is 5.32 Å². The van der Waals surface area contributed by atoms with E-state index in [4.69, 9.17) is 4.42 Å². The minimum absolute atomic E-state index is 0.183. The Labute approximate surface area is 124 Å². The highest BCUT2D eigenvalue weighted by molar-refractivity contribution is 6.05. The van der Waals surface area contributed by atoms with E-state index in [0.717, 1.165) is 31.1 Å². The maximum Gasteiger partial charge on any atom is 0.255 e. The van der Waals surface area contributed by atoms with Gasteiger partial charge in [-0.2, -0.15) is 0 Å². The van der Waals surface area contributed by atoms with Crippen molar-refractivity contribution in [3.63, 3.8) is 0 Å². The van der Waals surface area contributed by atoms with Crippen LogP contribution in [-0.2, 0) is 0 Å². The maximum atomic E-state index is 12.3. The second-order valence-corrected chi connectivity index (χ2v) is 5.97. The van der Waals surface area contributed by atoms with Gasteiger partial charge in [-0.05, 0) is 18.9 Å². The van der Waals surface area contributed by atoms with Crippen LogP contribution in [-0.4, -0.2) is 23.2 Å². The summed E-state index contributed by atoms with van der Waals surface area (Å²) >= 11 is 0. The molecule has 1 heterocycles. The van der Waals surface area contributed by atoms with Gasteiger partial charge in [-0.15, -0.1) is 0 Å². The van der Waals surface area contributed by atoms with Gasteiger partial charge in [0.1, 0.15) is 11.8 Å². The Bertz CT molecular complexity index is 624. The van der Waals surface area contributed by atoms with Gasteiger partial charge < -0.3 is 14.8 Å². The number of rotatable bonds is 3. The van der Waals surface area contributed by atoms with Crippen molar-refractivity contribution in [2.24, 2.45) is 0 Å². The van der Waals surface area contributed by atoms with Crippen LogP contribution in [0.4, 0.5) is 0 Å². The van der Waals surface area contributed by atoms with Crippen LogP contribution in [0.15, 0.2) is 34.9 Å². The van der Waals surface area contributed by atoms with Gasteiger partial charge in [-0.1, -0.05) is 43.9 Å². The van der Waals surface area contributed by atoms with Crippen molar-refractivity contribution < 1.29 is 14.3 Å².